The number of anilines is 2. The van der Waals surface area contributed by atoms with Crippen molar-refractivity contribution in [2.45, 2.75) is 19.4 Å². The van der Waals surface area contributed by atoms with E-state index in [-0.39, 0.29) is 11.9 Å². The Bertz CT molecular complexity index is 607. The van der Waals surface area contributed by atoms with Gasteiger partial charge in [-0.3, -0.25) is 4.79 Å². The van der Waals surface area contributed by atoms with E-state index >= 15 is 0 Å². The van der Waals surface area contributed by atoms with Crippen LogP contribution in [0, 0.1) is 6.92 Å². The first kappa shape index (κ1) is 11.8. The van der Waals surface area contributed by atoms with Gasteiger partial charge < -0.3 is 10.6 Å². The SMILES string of the molecule is Cc1ccc2c(c1)N[C@@H](Cc1ccccc1)C(=O)N2. The molecule has 0 radical (unpaired) electrons. The fraction of sp³-hybridized carbons (Fsp3) is 0.188. The van der Waals surface area contributed by atoms with E-state index in [9.17, 15) is 4.79 Å². The van der Waals surface area contributed by atoms with Crippen molar-refractivity contribution in [1.29, 1.82) is 0 Å². The van der Waals surface area contributed by atoms with Gasteiger partial charge >= 0.3 is 0 Å². The predicted molar refractivity (Wildman–Crippen MR) is 77.4 cm³/mol. The van der Waals surface area contributed by atoms with Crippen LogP contribution < -0.4 is 10.6 Å². The first-order chi connectivity index (χ1) is 9.22. The van der Waals surface area contributed by atoms with Gasteiger partial charge in [0.15, 0.2) is 0 Å². The number of fused-ring (bicyclic) bond motifs is 1. The van der Waals surface area contributed by atoms with Crippen molar-refractivity contribution in [3.05, 3.63) is 59.7 Å². The highest BCUT2D eigenvalue weighted by atomic mass is 16.2. The highest BCUT2D eigenvalue weighted by molar-refractivity contribution is 6.03. The van der Waals surface area contributed by atoms with Gasteiger partial charge in [-0.05, 0) is 30.2 Å². The number of benzene rings is 2. The lowest BCUT2D eigenvalue weighted by molar-refractivity contribution is -0.117. The van der Waals surface area contributed by atoms with Crippen molar-refractivity contribution in [1.82, 2.24) is 0 Å². The number of amides is 1. The second kappa shape index (κ2) is 4.76. The molecule has 1 atom stereocenters. The maximum atomic E-state index is 12.1. The van der Waals surface area contributed by atoms with Crippen molar-refractivity contribution < 1.29 is 4.79 Å². The van der Waals surface area contributed by atoms with Crippen LogP contribution in [-0.2, 0) is 11.2 Å². The quantitative estimate of drug-likeness (QED) is 0.862. The largest absolute Gasteiger partial charge is 0.372 e. The van der Waals surface area contributed by atoms with Crippen molar-refractivity contribution in [3.63, 3.8) is 0 Å². The van der Waals surface area contributed by atoms with E-state index in [1.807, 2.05) is 49.4 Å². The summed E-state index contributed by atoms with van der Waals surface area (Å²) >= 11 is 0. The molecule has 0 bridgehead atoms. The normalized spacial score (nSPS) is 17.3. The summed E-state index contributed by atoms with van der Waals surface area (Å²) in [5.74, 6) is 0.0280. The van der Waals surface area contributed by atoms with Gasteiger partial charge in [-0.2, -0.15) is 0 Å². The molecule has 0 saturated heterocycles. The molecule has 0 aliphatic carbocycles. The van der Waals surface area contributed by atoms with Crippen LogP contribution in [0.2, 0.25) is 0 Å². The van der Waals surface area contributed by atoms with Crippen LogP contribution in [-0.4, -0.2) is 11.9 Å². The molecule has 0 saturated carbocycles. The number of hydrogen-bond acceptors (Lipinski definition) is 2. The molecular formula is C16H16N2O. The fourth-order valence-corrected chi connectivity index (χ4v) is 2.35. The molecule has 19 heavy (non-hydrogen) atoms. The Morgan fingerprint density at radius 1 is 1.05 bits per heavy atom. The molecule has 3 rings (SSSR count). The van der Waals surface area contributed by atoms with E-state index in [0.29, 0.717) is 6.42 Å². The minimum Gasteiger partial charge on any atom is -0.372 e. The number of hydrogen-bond donors (Lipinski definition) is 2. The third kappa shape index (κ3) is 2.45. The van der Waals surface area contributed by atoms with E-state index in [1.54, 1.807) is 0 Å². The van der Waals surface area contributed by atoms with Gasteiger partial charge in [-0.15, -0.1) is 0 Å². The second-order valence-corrected chi connectivity index (χ2v) is 4.92. The van der Waals surface area contributed by atoms with Crippen LogP contribution in [0.5, 0.6) is 0 Å². The van der Waals surface area contributed by atoms with Gasteiger partial charge in [0.25, 0.3) is 0 Å². The highest BCUT2D eigenvalue weighted by Crippen LogP contribution is 2.28. The van der Waals surface area contributed by atoms with E-state index in [1.165, 1.54) is 5.56 Å². The summed E-state index contributed by atoms with van der Waals surface area (Å²) in [5, 5.41) is 6.28. The second-order valence-electron chi connectivity index (χ2n) is 4.92. The summed E-state index contributed by atoms with van der Waals surface area (Å²) in [6.07, 6.45) is 0.694. The molecule has 1 aliphatic rings. The smallest absolute Gasteiger partial charge is 0.247 e. The monoisotopic (exact) mass is 252 g/mol. The molecule has 1 aliphatic heterocycles. The van der Waals surface area contributed by atoms with Gasteiger partial charge in [0, 0.05) is 6.42 Å². The fourth-order valence-electron chi connectivity index (χ4n) is 2.35. The molecule has 1 amide bonds. The molecule has 0 spiro atoms. The van der Waals surface area contributed by atoms with Gasteiger partial charge in [0.1, 0.15) is 6.04 Å². The maximum absolute atomic E-state index is 12.1. The Balaban J connectivity index is 1.83. The predicted octanol–water partition coefficient (Wildman–Crippen LogP) is 2.97. The molecule has 0 unspecified atom stereocenters. The van der Waals surface area contributed by atoms with Crippen LogP contribution in [0.15, 0.2) is 48.5 Å². The number of carbonyl (C=O) groups excluding carboxylic acids is 1. The molecule has 0 fully saturated rings. The molecule has 3 nitrogen and oxygen atoms in total. The van der Waals surface area contributed by atoms with Gasteiger partial charge in [-0.25, -0.2) is 0 Å². The molecule has 2 N–H and O–H groups in total. The van der Waals surface area contributed by atoms with Crippen LogP contribution in [0.4, 0.5) is 11.4 Å². The van der Waals surface area contributed by atoms with E-state index in [2.05, 4.69) is 16.7 Å². The van der Waals surface area contributed by atoms with E-state index in [0.717, 1.165) is 16.9 Å². The summed E-state index contributed by atoms with van der Waals surface area (Å²) in [6.45, 7) is 2.05. The molecule has 1 heterocycles. The number of aryl methyl sites for hydroxylation is 1. The Morgan fingerprint density at radius 2 is 1.84 bits per heavy atom. The van der Waals surface area contributed by atoms with Crippen LogP contribution >= 0.6 is 0 Å². The molecule has 2 aromatic carbocycles. The zero-order valence-electron chi connectivity index (χ0n) is 10.8. The summed E-state index contributed by atoms with van der Waals surface area (Å²) in [4.78, 5) is 12.1. The Labute approximate surface area is 112 Å². The lowest BCUT2D eigenvalue weighted by atomic mass is 10.0. The van der Waals surface area contributed by atoms with Gasteiger partial charge in [-0.1, -0.05) is 36.4 Å². The number of nitrogens with one attached hydrogen (secondary N) is 2. The zero-order valence-corrected chi connectivity index (χ0v) is 10.8. The van der Waals surface area contributed by atoms with Crippen molar-refractivity contribution >= 4 is 17.3 Å². The van der Waals surface area contributed by atoms with Crippen molar-refractivity contribution in [2.75, 3.05) is 10.6 Å². The first-order valence-corrected chi connectivity index (χ1v) is 6.44. The minimum atomic E-state index is -0.211. The van der Waals surface area contributed by atoms with Gasteiger partial charge in [0.05, 0.1) is 11.4 Å². The minimum absolute atomic E-state index is 0.0280. The Morgan fingerprint density at radius 3 is 2.63 bits per heavy atom. The van der Waals surface area contributed by atoms with Gasteiger partial charge in [0.2, 0.25) is 5.91 Å². The molecule has 3 heteroatoms. The summed E-state index contributed by atoms with van der Waals surface area (Å²) < 4.78 is 0. The molecule has 0 aromatic heterocycles. The lowest BCUT2D eigenvalue weighted by Crippen LogP contribution is -2.40. The number of rotatable bonds is 2. The third-order valence-corrected chi connectivity index (χ3v) is 3.36. The van der Waals surface area contributed by atoms with Crippen LogP contribution in [0.25, 0.3) is 0 Å². The summed E-state index contributed by atoms with van der Waals surface area (Å²) in [5.41, 5.74) is 4.20. The standard InChI is InChI=1S/C16H16N2O/c1-11-7-8-13-14(9-11)17-15(16(19)18-13)10-12-5-3-2-4-6-12/h2-9,15,17H,10H2,1H3,(H,18,19)/t15-/m0/s1. The third-order valence-electron chi connectivity index (χ3n) is 3.36. The first-order valence-electron chi connectivity index (χ1n) is 6.44. The van der Waals surface area contributed by atoms with Crippen molar-refractivity contribution in [3.8, 4) is 0 Å². The zero-order chi connectivity index (χ0) is 13.2. The highest BCUT2D eigenvalue weighted by Gasteiger charge is 2.25. The van der Waals surface area contributed by atoms with Crippen LogP contribution in [0.3, 0.4) is 0 Å². The number of carbonyl (C=O) groups is 1. The average Bonchev–Trinajstić information content (AvgIpc) is 2.41. The Hall–Kier alpha value is -2.29. The lowest BCUT2D eigenvalue weighted by Gasteiger charge is -2.27. The summed E-state index contributed by atoms with van der Waals surface area (Å²) in [7, 11) is 0. The maximum Gasteiger partial charge on any atom is 0.247 e. The molecule has 2 aromatic rings. The summed E-state index contributed by atoms with van der Waals surface area (Å²) in [6, 6.07) is 15.8. The molecule has 96 valence electrons. The Kier molecular flexibility index (Phi) is 2.95. The average molecular weight is 252 g/mol. The topological polar surface area (TPSA) is 41.1 Å². The van der Waals surface area contributed by atoms with Crippen molar-refractivity contribution in [2.24, 2.45) is 0 Å². The molecular weight excluding hydrogens is 236 g/mol. The van der Waals surface area contributed by atoms with Crippen LogP contribution in [0.1, 0.15) is 11.1 Å². The van der Waals surface area contributed by atoms with E-state index in [4.69, 9.17) is 0 Å². The van der Waals surface area contributed by atoms with E-state index < -0.39 is 0 Å².